The first kappa shape index (κ1) is 16.2. The molecule has 0 saturated carbocycles. The molecule has 1 aliphatic heterocycles. The highest BCUT2D eigenvalue weighted by molar-refractivity contribution is 6.45. The Hall–Kier alpha value is -3.17. The fourth-order valence-corrected chi connectivity index (χ4v) is 1.85. The van der Waals surface area contributed by atoms with E-state index in [-0.39, 0.29) is 13.2 Å². The number of ether oxygens (including phenoxy) is 1. The standard InChI is InChI=1S/C13H13N3O7/c1-2-22-12(20)14-9(17)7-16-11(19)10(18)15(13(16)21)6-8-4-3-5-23-8/h3-5H,2,6-7H2,1H3,(H,14,17,20). The minimum absolute atomic E-state index is 0.0517. The van der Waals surface area contributed by atoms with E-state index in [2.05, 4.69) is 4.74 Å². The molecule has 1 aromatic rings. The topological polar surface area (TPSA) is 126 Å². The number of nitrogens with one attached hydrogen (secondary N) is 1. The smallest absolute Gasteiger partial charge is 0.413 e. The van der Waals surface area contributed by atoms with E-state index < -0.39 is 36.4 Å². The summed E-state index contributed by atoms with van der Waals surface area (Å²) in [6.07, 6.45) is 0.350. The summed E-state index contributed by atoms with van der Waals surface area (Å²) in [7, 11) is 0. The summed E-state index contributed by atoms with van der Waals surface area (Å²) in [5.41, 5.74) is 0. The van der Waals surface area contributed by atoms with Gasteiger partial charge in [0.25, 0.3) is 0 Å². The minimum Gasteiger partial charge on any atom is -0.467 e. The van der Waals surface area contributed by atoms with Crippen LogP contribution in [0.2, 0.25) is 0 Å². The molecule has 2 rings (SSSR count). The number of urea groups is 1. The predicted molar refractivity (Wildman–Crippen MR) is 71.5 cm³/mol. The van der Waals surface area contributed by atoms with Gasteiger partial charge in [0.05, 0.1) is 19.4 Å². The molecule has 0 atom stereocenters. The minimum atomic E-state index is -1.15. The van der Waals surface area contributed by atoms with Crippen LogP contribution >= 0.6 is 0 Å². The molecule has 6 amide bonds. The van der Waals surface area contributed by atoms with Crippen molar-refractivity contribution in [3.63, 3.8) is 0 Å². The summed E-state index contributed by atoms with van der Waals surface area (Å²) >= 11 is 0. The van der Waals surface area contributed by atoms with Crippen LogP contribution in [0, 0.1) is 0 Å². The largest absolute Gasteiger partial charge is 0.467 e. The van der Waals surface area contributed by atoms with Gasteiger partial charge in [-0.1, -0.05) is 0 Å². The van der Waals surface area contributed by atoms with Crippen molar-refractivity contribution in [2.24, 2.45) is 0 Å². The summed E-state index contributed by atoms with van der Waals surface area (Å²) in [4.78, 5) is 59.5. The Labute approximate surface area is 129 Å². The molecule has 23 heavy (non-hydrogen) atoms. The average Bonchev–Trinajstić information content (AvgIpc) is 3.07. The molecular weight excluding hydrogens is 310 g/mol. The molecule has 1 fully saturated rings. The van der Waals surface area contributed by atoms with Crippen molar-refractivity contribution in [3.8, 4) is 0 Å². The molecule has 1 aromatic heterocycles. The highest BCUT2D eigenvalue weighted by Crippen LogP contribution is 2.15. The second-order valence-electron chi connectivity index (χ2n) is 4.41. The molecule has 0 aromatic carbocycles. The summed E-state index contributed by atoms with van der Waals surface area (Å²) < 4.78 is 9.50. The van der Waals surface area contributed by atoms with Crippen molar-refractivity contribution in [2.45, 2.75) is 13.5 Å². The third-order valence-corrected chi connectivity index (χ3v) is 2.85. The average molecular weight is 323 g/mol. The Morgan fingerprint density at radius 3 is 2.52 bits per heavy atom. The van der Waals surface area contributed by atoms with Crippen LogP contribution in [0.3, 0.4) is 0 Å². The molecular formula is C13H13N3O7. The number of nitrogens with zero attached hydrogens (tertiary/aromatic N) is 2. The van der Waals surface area contributed by atoms with Crippen LogP contribution < -0.4 is 5.32 Å². The van der Waals surface area contributed by atoms with Gasteiger partial charge >= 0.3 is 23.9 Å². The van der Waals surface area contributed by atoms with Crippen LogP contribution in [0.4, 0.5) is 9.59 Å². The summed E-state index contributed by atoms with van der Waals surface area (Å²) in [5, 5.41) is 1.83. The number of carbonyl (C=O) groups excluding carboxylic acids is 5. The molecule has 0 unspecified atom stereocenters. The third-order valence-electron chi connectivity index (χ3n) is 2.85. The summed E-state index contributed by atoms with van der Waals surface area (Å²) in [6.45, 7) is 0.599. The van der Waals surface area contributed by atoms with Crippen molar-refractivity contribution in [1.82, 2.24) is 15.1 Å². The second-order valence-corrected chi connectivity index (χ2v) is 4.41. The van der Waals surface area contributed by atoms with Crippen LogP contribution in [0.25, 0.3) is 0 Å². The number of amides is 6. The normalized spacial score (nSPS) is 14.4. The maximum Gasteiger partial charge on any atom is 0.413 e. The molecule has 122 valence electrons. The van der Waals surface area contributed by atoms with E-state index in [1.165, 1.54) is 12.3 Å². The van der Waals surface area contributed by atoms with E-state index in [9.17, 15) is 24.0 Å². The first-order valence-electron chi connectivity index (χ1n) is 6.60. The van der Waals surface area contributed by atoms with Crippen LogP contribution in [0.1, 0.15) is 12.7 Å². The number of hydrogen-bond acceptors (Lipinski definition) is 7. The van der Waals surface area contributed by atoms with E-state index in [1.54, 1.807) is 13.0 Å². The van der Waals surface area contributed by atoms with Crippen LogP contribution in [0.15, 0.2) is 22.8 Å². The molecule has 10 heteroatoms. The Kier molecular flexibility index (Phi) is 4.74. The van der Waals surface area contributed by atoms with Gasteiger partial charge in [-0.05, 0) is 19.1 Å². The SMILES string of the molecule is CCOC(=O)NC(=O)CN1C(=O)C(=O)N(Cc2ccco2)C1=O. The van der Waals surface area contributed by atoms with Crippen LogP contribution in [-0.2, 0) is 25.7 Å². The molecule has 0 radical (unpaired) electrons. The lowest BCUT2D eigenvalue weighted by Crippen LogP contribution is -2.43. The molecule has 2 heterocycles. The van der Waals surface area contributed by atoms with Gasteiger partial charge in [-0.3, -0.25) is 19.7 Å². The maximum atomic E-state index is 12.1. The zero-order chi connectivity index (χ0) is 17.0. The summed E-state index contributed by atoms with van der Waals surface area (Å²) in [6, 6.07) is 2.13. The fraction of sp³-hybridized carbons (Fsp3) is 0.308. The number of imide groups is 3. The van der Waals surface area contributed by atoms with E-state index in [0.717, 1.165) is 0 Å². The lowest BCUT2D eigenvalue weighted by molar-refractivity contribution is -0.144. The van der Waals surface area contributed by atoms with Crippen molar-refractivity contribution in [2.75, 3.05) is 13.2 Å². The van der Waals surface area contributed by atoms with Crippen molar-refractivity contribution < 1.29 is 33.1 Å². The van der Waals surface area contributed by atoms with Gasteiger partial charge in [-0.2, -0.15) is 0 Å². The van der Waals surface area contributed by atoms with Crippen LogP contribution in [-0.4, -0.2) is 52.8 Å². The number of alkyl carbamates (subject to hydrolysis) is 1. The Balaban J connectivity index is 2.01. The maximum absolute atomic E-state index is 12.1. The Bertz CT molecular complexity index is 653. The number of carbonyl (C=O) groups is 5. The fourth-order valence-electron chi connectivity index (χ4n) is 1.85. The molecule has 0 aliphatic carbocycles. The lowest BCUT2D eigenvalue weighted by atomic mass is 10.4. The van der Waals surface area contributed by atoms with Gasteiger partial charge in [0.1, 0.15) is 12.3 Å². The predicted octanol–water partition coefficient (Wildman–Crippen LogP) is -0.157. The van der Waals surface area contributed by atoms with Gasteiger partial charge in [0.2, 0.25) is 5.91 Å². The Morgan fingerprint density at radius 1 is 1.22 bits per heavy atom. The van der Waals surface area contributed by atoms with E-state index in [1.807, 2.05) is 5.32 Å². The summed E-state index contributed by atoms with van der Waals surface area (Å²) in [5.74, 6) is -2.87. The van der Waals surface area contributed by atoms with Gasteiger partial charge in [0, 0.05) is 0 Å². The molecule has 10 nitrogen and oxygen atoms in total. The molecule has 1 aliphatic rings. The number of rotatable bonds is 5. The zero-order valence-electron chi connectivity index (χ0n) is 12.1. The number of furan rings is 1. The lowest BCUT2D eigenvalue weighted by Gasteiger charge is -2.14. The van der Waals surface area contributed by atoms with Gasteiger partial charge in [-0.15, -0.1) is 0 Å². The highest BCUT2D eigenvalue weighted by atomic mass is 16.5. The third kappa shape index (κ3) is 3.54. The molecule has 1 saturated heterocycles. The highest BCUT2D eigenvalue weighted by Gasteiger charge is 2.45. The van der Waals surface area contributed by atoms with Gasteiger partial charge in [0.15, 0.2) is 0 Å². The van der Waals surface area contributed by atoms with Gasteiger partial charge < -0.3 is 9.15 Å². The van der Waals surface area contributed by atoms with Crippen molar-refractivity contribution in [3.05, 3.63) is 24.2 Å². The van der Waals surface area contributed by atoms with E-state index >= 15 is 0 Å². The van der Waals surface area contributed by atoms with Gasteiger partial charge in [-0.25, -0.2) is 19.4 Å². The van der Waals surface area contributed by atoms with E-state index in [4.69, 9.17) is 4.42 Å². The number of hydrogen-bond donors (Lipinski definition) is 1. The van der Waals surface area contributed by atoms with Crippen LogP contribution in [0.5, 0.6) is 0 Å². The Morgan fingerprint density at radius 2 is 1.91 bits per heavy atom. The van der Waals surface area contributed by atoms with Crippen molar-refractivity contribution >= 4 is 29.8 Å². The quantitative estimate of drug-likeness (QED) is 0.589. The first-order chi connectivity index (χ1) is 10.9. The molecule has 0 bridgehead atoms. The first-order valence-corrected chi connectivity index (χ1v) is 6.60. The monoisotopic (exact) mass is 323 g/mol. The van der Waals surface area contributed by atoms with Crippen molar-refractivity contribution in [1.29, 1.82) is 0 Å². The second kappa shape index (κ2) is 6.73. The molecule has 0 spiro atoms. The zero-order valence-corrected chi connectivity index (χ0v) is 12.1. The molecule has 1 N–H and O–H groups in total. The van der Waals surface area contributed by atoms with E-state index in [0.29, 0.717) is 15.6 Å².